The molecular weight excluding hydrogens is 248 g/mol. The van der Waals surface area contributed by atoms with Crippen LogP contribution in [0, 0.1) is 11.6 Å². The molecule has 6 heteroatoms. The second-order valence-electron chi connectivity index (χ2n) is 4.11. The molecule has 0 fully saturated rings. The zero-order valence-corrected chi connectivity index (χ0v) is 10.5. The predicted octanol–water partition coefficient (Wildman–Crippen LogP) is 1.49. The summed E-state index contributed by atoms with van der Waals surface area (Å²) >= 11 is 0. The van der Waals surface area contributed by atoms with E-state index in [4.69, 9.17) is 0 Å². The van der Waals surface area contributed by atoms with Crippen molar-refractivity contribution in [2.45, 2.75) is 19.5 Å². The summed E-state index contributed by atoms with van der Waals surface area (Å²) in [6, 6.07) is 3.03. The highest BCUT2D eigenvalue weighted by Gasteiger charge is 2.11. The van der Waals surface area contributed by atoms with Crippen LogP contribution in [0.4, 0.5) is 8.78 Å². The Balaban J connectivity index is 2.56. The van der Waals surface area contributed by atoms with Gasteiger partial charge in [0.15, 0.2) is 0 Å². The van der Waals surface area contributed by atoms with Gasteiger partial charge in [-0.25, -0.2) is 17.2 Å². The van der Waals surface area contributed by atoms with Gasteiger partial charge in [-0.05, 0) is 13.0 Å². The molecular formula is C11H15F2NO2S. The highest BCUT2D eigenvalue weighted by atomic mass is 32.2. The van der Waals surface area contributed by atoms with Crippen LogP contribution < -0.4 is 5.32 Å². The van der Waals surface area contributed by atoms with Crippen molar-refractivity contribution in [1.82, 2.24) is 5.32 Å². The fourth-order valence-electron chi connectivity index (χ4n) is 1.46. The highest BCUT2D eigenvalue weighted by Crippen LogP contribution is 2.09. The standard InChI is InChI=1S/C11H15F2NO2S/c1-8(7-17(2,15)16)14-6-9-3-4-10(12)5-11(9)13/h3-5,8,14H,6-7H2,1-2H3. The normalized spacial score (nSPS) is 13.6. The minimum absolute atomic E-state index is 0.0180. The van der Waals surface area contributed by atoms with Gasteiger partial charge >= 0.3 is 0 Å². The third-order valence-electron chi connectivity index (χ3n) is 2.21. The summed E-state index contributed by atoms with van der Waals surface area (Å²) in [6.45, 7) is 1.87. The van der Waals surface area contributed by atoms with Crippen molar-refractivity contribution in [3.8, 4) is 0 Å². The van der Waals surface area contributed by atoms with Gasteiger partial charge in [-0.1, -0.05) is 6.07 Å². The zero-order chi connectivity index (χ0) is 13.1. The zero-order valence-electron chi connectivity index (χ0n) is 9.70. The van der Waals surface area contributed by atoms with Crippen LogP contribution in [0.5, 0.6) is 0 Å². The van der Waals surface area contributed by atoms with E-state index in [1.807, 2.05) is 0 Å². The number of sulfone groups is 1. The predicted molar refractivity (Wildman–Crippen MR) is 62.4 cm³/mol. The number of halogens is 2. The van der Waals surface area contributed by atoms with Crippen molar-refractivity contribution < 1.29 is 17.2 Å². The number of rotatable bonds is 5. The van der Waals surface area contributed by atoms with E-state index in [1.165, 1.54) is 12.1 Å². The Labute approximate surface area is 99.8 Å². The Morgan fingerprint density at radius 2 is 2.00 bits per heavy atom. The maximum absolute atomic E-state index is 13.2. The van der Waals surface area contributed by atoms with Crippen molar-refractivity contribution in [1.29, 1.82) is 0 Å². The van der Waals surface area contributed by atoms with Gasteiger partial charge in [0.05, 0.1) is 5.75 Å². The minimum atomic E-state index is -3.06. The largest absolute Gasteiger partial charge is 0.309 e. The third kappa shape index (κ3) is 5.23. The third-order valence-corrected chi connectivity index (χ3v) is 3.31. The van der Waals surface area contributed by atoms with Crippen LogP contribution in [0.25, 0.3) is 0 Å². The summed E-state index contributed by atoms with van der Waals surface area (Å²) in [4.78, 5) is 0. The number of hydrogen-bond acceptors (Lipinski definition) is 3. The Morgan fingerprint density at radius 1 is 1.35 bits per heavy atom. The Bertz CT molecular complexity index is 488. The summed E-state index contributed by atoms with van der Waals surface area (Å²) in [5, 5.41) is 2.87. The molecule has 0 aliphatic carbocycles. The van der Waals surface area contributed by atoms with Gasteiger partial charge in [-0.3, -0.25) is 0 Å². The van der Waals surface area contributed by atoms with Gasteiger partial charge in [0.2, 0.25) is 0 Å². The first-order chi connectivity index (χ1) is 7.78. The summed E-state index contributed by atoms with van der Waals surface area (Å²) in [6.07, 6.45) is 1.14. The topological polar surface area (TPSA) is 46.2 Å². The van der Waals surface area contributed by atoms with Crippen LogP contribution in [-0.4, -0.2) is 26.5 Å². The molecule has 1 atom stereocenters. The molecule has 1 aromatic carbocycles. The fourth-order valence-corrected chi connectivity index (χ4v) is 2.49. The lowest BCUT2D eigenvalue weighted by Gasteiger charge is -2.13. The van der Waals surface area contributed by atoms with E-state index in [0.717, 1.165) is 12.3 Å². The quantitative estimate of drug-likeness (QED) is 0.875. The van der Waals surface area contributed by atoms with Gasteiger partial charge in [0.25, 0.3) is 0 Å². The summed E-state index contributed by atoms with van der Waals surface area (Å²) in [5.74, 6) is -1.28. The van der Waals surface area contributed by atoms with Gasteiger partial charge in [0, 0.05) is 30.5 Å². The minimum Gasteiger partial charge on any atom is -0.309 e. The smallest absolute Gasteiger partial charge is 0.148 e. The van der Waals surface area contributed by atoms with E-state index < -0.39 is 21.5 Å². The van der Waals surface area contributed by atoms with Crippen LogP contribution >= 0.6 is 0 Å². The Morgan fingerprint density at radius 3 is 2.53 bits per heavy atom. The van der Waals surface area contributed by atoms with Gasteiger partial charge in [0.1, 0.15) is 21.5 Å². The van der Waals surface area contributed by atoms with Crippen molar-refractivity contribution in [3.05, 3.63) is 35.4 Å². The maximum atomic E-state index is 13.2. The molecule has 3 nitrogen and oxygen atoms in total. The molecule has 0 aliphatic heterocycles. The molecule has 17 heavy (non-hydrogen) atoms. The van der Waals surface area contributed by atoms with Crippen LogP contribution in [-0.2, 0) is 16.4 Å². The van der Waals surface area contributed by atoms with E-state index in [9.17, 15) is 17.2 Å². The molecule has 0 bridgehead atoms. The number of benzene rings is 1. The van der Waals surface area contributed by atoms with Gasteiger partial charge in [-0.15, -0.1) is 0 Å². The second kappa shape index (κ2) is 5.55. The highest BCUT2D eigenvalue weighted by molar-refractivity contribution is 7.90. The van der Waals surface area contributed by atoms with Crippen molar-refractivity contribution in [3.63, 3.8) is 0 Å². The van der Waals surface area contributed by atoms with Crippen LogP contribution in [0.15, 0.2) is 18.2 Å². The van der Waals surface area contributed by atoms with Gasteiger partial charge < -0.3 is 5.32 Å². The Hall–Kier alpha value is -1.01. The van der Waals surface area contributed by atoms with Crippen LogP contribution in [0.1, 0.15) is 12.5 Å². The first-order valence-corrected chi connectivity index (χ1v) is 7.19. The molecule has 0 saturated heterocycles. The molecule has 0 saturated carbocycles. The summed E-state index contributed by atoms with van der Waals surface area (Å²) < 4.78 is 47.9. The molecule has 1 unspecified atom stereocenters. The molecule has 0 aromatic heterocycles. The summed E-state index contributed by atoms with van der Waals surface area (Å²) in [7, 11) is -3.06. The lowest BCUT2D eigenvalue weighted by atomic mass is 10.2. The first-order valence-electron chi connectivity index (χ1n) is 5.13. The van der Waals surface area contributed by atoms with E-state index in [1.54, 1.807) is 6.92 Å². The second-order valence-corrected chi connectivity index (χ2v) is 6.29. The van der Waals surface area contributed by atoms with Crippen molar-refractivity contribution in [2.75, 3.05) is 12.0 Å². The Kier molecular flexibility index (Phi) is 4.59. The SMILES string of the molecule is CC(CS(C)(=O)=O)NCc1ccc(F)cc1F. The molecule has 0 radical (unpaired) electrons. The van der Waals surface area contributed by atoms with E-state index in [-0.39, 0.29) is 18.3 Å². The number of nitrogens with one attached hydrogen (secondary N) is 1. The molecule has 96 valence electrons. The van der Waals surface area contributed by atoms with Crippen LogP contribution in [0.2, 0.25) is 0 Å². The van der Waals surface area contributed by atoms with Gasteiger partial charge in [-0.2, -0.15) is 0 Å². The average Bonchev–Trinajstić information content (AvgIpc) is 2.13. The fraction of sp³-hybridized carbons (Fsp3) is 0.455. The molecule has 0 amide bonds. The lowest BCUT2D eigenvalue weighted by Crippen LogP contribution is -2.32. The molecule has 1 aromatic rings. The van der Waals surface area contributed by atoms with E-state index >= 15 is 0 Å². The molecule has 0 heterocycles. The van der Waals surface area contributed by atoms with E-state index in [0.29, 0.717) is 5.56 Å². The molecule has 1 rings (SSSR count). The lowest BCUT2D eigenvalue weighted by molar-refractivity contribution is 0.534. The van der Waals surface area contributed by atoms with Crippen molar-refractivity contribution in [2.24, 2.45) is 0 Å². The monoisotopic (exact) mass is 263 g/mol. The molecule has 0 spiro atoms. The van der Waals surface area contributed by atoms with E-state index in [2.05, 4.69) is 5.32 Å². The first kappa shape index (κ1) is 14.1. The average molecular weight is 263 g/mol. The van der Waals surface area contributed by atoms with Crippen LogP contribution in [0.3, 0.4) is 0 Å². The van der Waals surface area contributed by atoms with Crippen molar-refractivity contribution >= 4 is 9.84 Å². The summed E-state index contributed by atoms with van der Waals surface area (Å²) in [5.41, 5.74) is 0.312. The number of hydrogen-bond donors (Lipinski definition) is 1. The molecule has 0 aliphatic rings. The maximum Gasteiger partial charge on any atom is 0.148 e. The molecule has 1 N–H and O–H groups in total.